The normalized spacial score (nSPS) is 11.5. The molecule has 1 heterocycles. The second-order valence-corrected chi connectivity index (χ2v) is 5.52. The zero-order valence-electron chi connectivity index (χ0n) is 10.5. The van der Waals surface area contributed by atoms with Crippen molar-refractivity contribution >= 4 is 16.0 Å². The molecule has 2 aromatic rings. The van der Waals surface area contributed by atoms with E-state index in [2.05, 4.69) is 10.1 Å². The Kier molecular flexibility index (Phi) is 3.55. The summed E-state index contributed by atoms with van der Waals surface area (Å²) >= 11 is 0. The second kappa shape index (κ2) is 5.02. The van der Waals surface area contributed by atoms with Crippen molar-refractivity contribution in [3.05, 3.63) is 35.9 Å². The SMILES string of the molecule is CCc1nc(C(=O)O)nn1-c1ccc(S(N)(=O)=O)cc1. The van der Waals surface area contributed by atoms with E-state index in [1.54, 1.807) is 0 Å². The van der Waals surface area contributed by atoms with Crippen molar-refractivity contribution in [3.8, 4) is 5.69 Å². The van der Waals surface area contributed by atoms with Crippen LogP contribution >= 0.6 is 0 Å². The molecule has 0 bridgehead atoms. The summed E-state index contributed by atoms with van der Waals surface area (Å²) in [5, 5.41) is 17.8. The fourth-order valence-corrected chi connectivity index (χ4v) is 2.16. The van der Waals surface area contributed by atoms with Crippen LogP contribution in [0.15, 0.2) is 29.2 Å². The topological polar surface area (TPSA) is 128 Å². The molecule has 0 radical (unpaired) electrons. The van der Waals surface area contributed by atoms with Gasteiger partial charge in [-0.15, -0.1) is 5.10 Å². The Morgan fingerprint density at radius 2 is 1.95 bits per heavy atom. The van der Waals surface area contributed by atoms with Gasteiger partial charge in [-0.3, -0.25) is 0 Å². The summed E-state index contributed by atoms with van der Waals surface area (Å²) < 4.78 is 23.7. The Morgan fingerprint density at radius 3 is 2.40 bits per heavy atom. The maximum absolute atomic E-state index is 11.2. The number of nitrogens with two attached hydrogens (primary N) is 1. The molecular formula is C11H12N4O4S. The van der Waals surface area contributed by atoms with E-state index in [4.69, 9.17) is 10.2 Å². The van der Waals surface area contributed by atoms with Crippen LogP contribution in [0.5, 0.6) is 0 Å². The van der Waals surface area contributed by atoms with Crippen LogP contribution in [-0.2, 0) is 16.4 Å². The third-order valence-electron chi connectivity index (χ3n) is 2.59. The Hall–Kier alpha value is -2.26. The highest BCUT2D eigenvalue weighted by molar-refractivity contribution is 7.89. The lowest BCUT2D eigenvalue weighted by molar-refractivity contribution is 0.0683. The molecule has 0 saturated heterocycles. The molecule has 2 rings (SSSR count). The van der Waals surface area contributed by atoms with Crippen molar-refractivity contribution < 1.29 is 18.3 Å². The second-order valence-electron chi connectivity index (χ2n) is 3.96. The van der Waals surface area contributed by atoms with Crippen molar-refractivity contribution in [2.24, 2.45) is 5.14 Å². The molecule has 20 heavy (non-hydrogen) atoms. The number of nitrogens with zero attached hydrogens (tertiary/aromatic N) is 3. The molecule has 8 nitrogen and oxygen atoms in total. The first-order valence-electron chi connectivity index (χ1n) is 5.65. The molecule has 0 amide bonds. The average Bonchev–Trinajstić information content (AvgIpc) is 2.82. The highest BCUT2D eigenvalue weighted by Crippen LogP contribution is 2.14. The fourth-order valence-electron chi connectivity index (χ4n) is 1.65. The zero-order chi connectivity index (χ0) is 14.9. The zero-order valence-corrected chi connectivity index (χ0v) is 11.3. The highest BCUT2D eigenvalue weighted by Gasteiger charge is 2.16. The van der Waals surface area contributed by atoms with Crippen molar-refractivity contribution in [2.45, 2.75) is 18.2 Å². The van der Waals surface area contributed by atoms with Gasteiger partial charge in [0.2, 0.25) is 10.0 Å². The van der Waals surface area contributed by atoms with Crippen LogP contribution in [0.25, 0.3) is 5.69 Å². The van der Waals surface area contributed by atoms with Crippen molar-refractivity contribution in [3.63, 3.8) is 0 Å². The number of carboxylic acids is 1. The van der Waals surface area contributed by atoms with Gasteiger partial charge in [-0.25, -0.2) is 28.0 Å². The number of hydrogen-bond donors (Lipinski definition) is 2. The summed E-state index contributed by atoms with van der Waals surface area (Å²) in [6.07, 6.45) is 0.483. The monoisotopic (exact) mass is 296 g/mol. The van der Waals surface area contributed by atoms with Crippen LogP contribution in [-0.4, -0.2) is 34.3 Å². The van der Waals surface area contributed by atoms with E-state index in [0.29, 0.717) is 17.9 Å². The largest absolute Gasteiger partial charge is 0.475 e. The van der Waals surface area contributed by atoms with Gasteiger partial charge in [0.1, 0.15) is 5.82 Å². The molecule has 1 aromatic carbocycles. The average molecular weight is 296 g/mol. The number of carboxylic acid groups (broad SMARTS) is 1. The predicted molar refractivity (Wildman–Crippen MR) is 69.1 cm³/mol. The van der Waals surface area contributed by atoms with Crippen LogP contribution in [0, 0.1) is 0 Å². The summed E-state index contributed by atoms with van der Waals surface area (Å²) in [7, 11) is -3.77. The third kappa shape index (κ3) is 2.68. The Morgan fingerprint density at radius 1 is 1.35 bits per heavy atom. The van der Waals surface area contributed by atoms with Gasteiger partial charge in [0.25, 0.3) is 5.82 Å². The summed E-state index contributed by atoms with van der Waals surface area (Å²) in [6, 6.07) is 5.62. The van der Waals surface area contributed by atoms with Gasteiger partial charge in [-0.05, 0) is 24.3 Å². The van der Waals surface area contributed by atoms with Crippen LogP contribution in [0.4, 0.5) is 0 Å². The molecule has 0 unspecified atom stereocenters. The van der Waals surface area contributed by atoms with E-state index in [1.165, 1.54) is 28.9 Å². The van der Waals surface area contributed by atoms with Gasteiger partial charge in [0.15, 0.2) is 0 Å². The van der Waals surface area contributed by atoms with E-state index in [9.17, 15) is 13.2 Å². The maximum Gasteiger partial charge on any atom is 0.375 e. The van der Waals surface area contributed by atoms with Crippen LogP contribution < -0.4 is 5.14 Å². The molecule has 0 saturated carbocycles. The number of aromatic nitrogens is 3. The molecule has 0 spiro atoms. The third-order valence-corrected chi connectivity index (χ3v) is 3.52. The van der Waals surface area contributed by atoms with E-state index in [-0.39, 0.29) is 10.7 Å². The Balaban J connectivity index is 2.49. The van der Waals surface area contributed by atoms with Crippen LogP contribution in [0.3, 0.4) is 0 Å². The number of benzene rings is 1. The molecule has 0 aliphatic heterocycles. The number of rotatable bonds is 4. The van der Waals surface area contributed by atoms with Gasteiger partial charge < -0.3 is 5.11 Å². The minimum atomic E-state index is -3.77. The first kappa shape index (κ1) is 14.2. The van der Waals surface area contributed by atoms with Gasteiger partial charge in [-0.2, -0.15) is 0 Å². The molecule has 1 aromatic heterocycles. The molecule has 0 atom stereocenters. The molecule has 3 N–H and O–H groups in total. The minimum absolute atomic E-state index is 0.0297. The van der Waals surface area contributed by atoms with Gasteiger partial charge in [0.05, 0.1) is 10.6 Å². The molecule has 0 fully saturated rings. The first-order chi connectivity index (χ1) is 9.32. The Bertz CT molecular complexity index is 749. The van der Waals surface area contributed by atoms with E-state index < -0.39 is 16.0 Å². The molecule has 0 aliphatic carbocycles. The number of carbonyl (C=O) groups is 1. The standard InChI is InChI=1S/C11H12N4O4S/c1-2-9-13-10(11(16)17)14-15(9)7-3-5-8(6-4-7)20(12,18)19/h3-6H,2H2,1H3,(H,16,17)(H2,12,18,19). The number of sulfonamides is 1. The Labute approximate surface area is 114 Å². The van der Waals surface area contributed by atoms with E-state index >= 15 is 0 Å². The summed E-state index contributed by atoms with van der Waals surface area (Å²) in [4.78, 5) is 14.7. The minimum Gasteiger partial charge on any atom is -0.475 e. The van der Waals surface area contributed by atoms with Crippen LogP contribution in [0.1, 0.15) is 23.4 Å². The maximum atomic E-state index is 11.2. The number of aryl methyl sites for hydroxylation is 1. The lowest BCUT2D eigenvalue weighted by Crippen LogP contribution is -2.12. The lowest BCUT2D eigenvalue weighted by Gasteiger charge is -2.05. The fraction of sp³-hybridized carbons (Fsp3) is 0.182. The lowest BCUT2D eigenvalue weighted by atomic mass is 10.3. The molecule has 106 valence electrons. The molecule has 0 aliphatic rings. The smallest absolute Gasteiger partial charge is 0.375 e. The highest BCUT2D eigenvalue weighted by atomic mass is 32.2. The van der Waals surface area contributed by atoms with E-state index in [1.807, 2.05) is 6.92 Å². The number of primary sulfonamides is 1. The molecule has 9 heteroatoms. The summed E-state index contributed by atoms with van der Waals surface area (Å²) in [5.41, 5.74) is 0.509. The first-order valence-corrected chi connectivity index (χ1v) is 7.20. The van der Waals surface area contributed by atoms with Gasteiger partial charge in [-0.1, -0.05) is 6.92 Å². The van der Waals surface area contributed by atoms with Crippen molar-refractivity contribution in [2.75, 3.05) is 0 Å². The predicted octanol–water partition coefficient (Wildman–Crippen LogP) is 0.175. The van der Waals surface area contributed by atoms with Gasteiger partial charge in [0, 0.05) is 6.42 Å². The summed E-state index contributed by atoms with van der Waals surface area (Å²) in [5.74, 6) is -1.07. The quantitative estimate of drug-likeness (QED) is 0.828. The van der Waals surface area contributed by atoms with E-state index in [0.717, 1.165) is 0 Å². The van der Waals surface area contributed by atoms with Crippen LogP contribution in [0.2, 0.25) is 0 Å². The number of aromatic carboxylic acids is 1. The van der Waals surface area contributed by atoms with Crippen molar-refractivity contribution in [1.29, 1.82) is 0 Å². The van der Waals surface area contributed by atoms with Gasteiger partial charge >= 0.3 is 5.97 Å². The number of hydrogen-bond acceptors (Lipinski definition) is 5. The van der Waals surface area contributed by atoms with Crippen molar-refractivity contribution in [1.82, 2.24) is 14.8 Å². The molecular weight excluding hydrogens is 284 g/mol. The summed E-state index contributed by atoms with van der Waals surface area (Å²) in [6.45, 7) is 1.81.